The van der Waals surface area contributed by atoms with Gasteiger partial charge in [0, 0.05) is 24.7 Å². The molecule has 3 rings (SSSR count). The lowest BCUT2D eigenvalue weighted by atomic mass is 10.1. The molecule has 108 valence electrons. The fourth-order valence-electron chi connectivity index (χ4n) is 2.42. The first-order valence-electron chi connectivity index (χ1n) is 6.81. The average Bonchev–Trinajstić information content (AvgIpc) is 3.02. The van der Waals surface area contributed by atoms with Crippen molar-refractivity contribution >= 4 is 47.0 Å². The summed E-state index contributed by atoms with van der Waals surface area (Å²) in [4.78, 5) is 6.35. The van der Waals surface area contributed by atoms with Crippen molar-refractivity contribution in [3.05, 3.63) is 54.1 Å². The van der Waals surface area contributed by atoms with Gasteiger partial charge in [0.05, 0.1) is 12.9 Å². The van der Waals surface area contributed by atoms with Gasteiger partial charge in [-0.1, -0.05) is 27.8 Å². The van der Waals surface area contributed by atoms with Gasteiger partial charge in [0.25, 0.3) is 0 Å². The first-order valence-corrected chi connectivity index (χ1v) is 7.48. The van der Waals surface area contributed by atoms with Gasteiger partial charge in [0.15, 0.2) is 34.9 Å². The SMILES string of the molecule is Cc1ccc(N2C=NCC2)c([N+](Cl)(Cl)c2ccccc2)c1. The van der Waals surface area contributed by atoms with Crippen molar-refractivity contribution in [3.63, 3.8) is 0 Å². The quantitative estimate of drug-likeness (QED) is 0.742. The zero-order chi connectivity index (χ0) is 14.9. The van der Waals surface area contributed by atoms with Crippen LogP contribution in [0.4, 0.5) is 17.1 Å². The molecule has 1 aliphatic rings. The third-order valence-corrected chi connectivity index (χ3v) is 4.27. The van der Waals surface area contributed by atoms with E-state index in [0.29, 0.717) is 0 Å². The number of hydrogen-bond acceptors (Lipinski definition) is 2. The Morgan fingerprint density at radius 1 is 1.10 bits per heavy atom. The molecule has 2 aromatic rings. The van der Waals surface area contributed by atoms with E-state index in [9.17, 15) is 0 Å². The molecule has 0 bridgehead atoms. The summed E-state index contributed by atoms with van der Waals surface area (Å²) in [5.41, 5.74) is 3.74. The highest BCUT2D eigenvalue weighted by Gasteiger charge is 2.36. The Bertz CT molecular complexity index is 668. The molecular weight excluding hydrogens is 305 g/mol. The highest BCUT2D eigenvalue weighted by Crippen LogP contribution is 2.46. The maximum absolute atomic E-state index is 6.67. The zero-order valence-electron chi connectivity index (χ0n) is 11.7. The summed E-state index contributed by atoms with van der Waals surface area (Å²) in [6, 6.07) is 15.8. The summed E-state index contributed by atoms with van der Waals surface area (Å²) >= 11 is 13.3. The molecule has 0 aromatic heterocycles. The summed E-state index contributed by atoms with van der Waals surface area (Å²) in [6.45, 7) is 3.67. The molecular formula is C16H16Cl2N3+. The predicted octanol–water partition coefficient (Wildman–Crippen LogP) is 4.79. The van der Waals surface area contributed by atoms with Gasteiger partial charge in [0.1, 0.15) is 5.69 Å². The molecule has 0 aliphatic carbocycles. The number of hydrogen-bond donors (Lipinski definition) is 0. The predicted molar refractivity (Wildman–Crippen MR) is 91.5 cm³/mol. The van der Waals surface area contributed by atoms with Gasteiger partial charge >= 0.3 is 0 Å². The molecule has 0 N–H and O–H groups in total. The van der Waals surface area contributed by atoms with Crippen molar-refractivity contribution < 1.29 is 0 Å². The van der Waals surface area contributed by atoms with Gasteiger partial charge in [-0.2, -0.15) is 0 Å². The smallest absolute Gasteiger partial charge is 0.199 e. The minimum Gasteiger partial charge on any atom is -0.326 e. The van der Waals surface area contributed by atoms with Crippen LogP contribution in [-0.4, -0.2) is 19.4 Å². The van der Waals surface area contributed by atoms with Crippen LogP contribution in [0.15, 0.2) is 53.5 Å². The minimum absolute atomic E-state index is 0.331. The number of nitrogens with zero attached hydrogens (tertiary/aromatic N) is 3. The molecule has 5 heteroatoms. The van der Waals surface area contributed by atoms with E-state index < -0.39 is 0 Å². The monoisotopic (exact) mass is 320 g/mol. The van der Waals surface area contributed by atoms with E-state index in [4.69, 9.17) is 23.6 Å². The molecule has 0 radical (unpaired) electrons. The highest BCUT2D eigenvalue weighted by molar-refractivity contribution is 6.47. The second kappa shape index (κ2) is 5.68. The van der Waals surface area contributed by atoms with Crippen LogP contribution in [-0.2, 0) is 0 Å². The molecule has 0 saturated carbocycles. The molecule has 3 nitrogen and oxygen atoms in total. The van der Waals surface area contributed by atoms with Gasteiger partial charge in [-0.3, -0.25) is 4.99 Å². The van der Waals surface area contributed by atoms with Crippen LogP contribution in [0.25, 0.3) is 0 Å². The molecule has 0 saturated heterocycles. The van der Waals surface area contributed by atoms with Crippen molar-refractivity contribution in [3.8, 4) is 0 Å². The number of benzene rings is 2. The van der Waals surface area contributed by atoms with Gasteiger partial charge in [-0.25, -0.2) is 0 Å². The molecule has 1 heterocycles. The average molecular weight is 321 g/mol. The highest BCUT2D eigenvalue weighted by atomic mass is 35.5. The Kier molecular flexibility index (Phi) is 3.89. The molecule has 1 aliphatic heterocycles. The van der Waals surface area contributed by atoms with E-state index in [1.54, 1.807) is 0 Å². The molecule has 0 atom stereocenters. The van der Waals surface area contributed by atoms with E-state index in [-0.39, 0.29) is 3.52 Å². The zero-order valence-corrected chi connectivity index (χ0v) is 13.2. The van der Waals surface area contributed by atoms with Crippen LogP contribution in [0, 0.1) is 6.92 Å². The third kappa shape index (κ3) is 2.77. The second-order valence-electron chi connectivity index (χ2n) is 5.06. The summed E-state index contributed by atoms with van der Waals surface area (Å²) in [6.07, 6.45) is 1.84. The summed E-state index contributed by atoms with van der Waals surface area (Å²) in [5.74, 6) is 0. The standard InChI is InChI=1S/C16H16Cl2N3/c1-13-7-8-15(20-10-9-19-12-20)16(11-13)21(17,18)14-5-3-2-4-6-14/h2-8,11-12H,9-10H2,1H3/q+1. The third-order valence-electron chi connectivity index (χ3n) is 3.51. The van der Waals surface area contributed by atoms with Crippen LogP contribution < -0.4 is 8.42 Å². The topological polar surface area (TPSA) is 15.6 Å². The first-order chi connectivity index (χ1) is 10.1. The largest absolute Gasteiger partial charge is 0.326 e. The molecule has 2 aromatic carbocycles. The Labute approximate surface area is 134 Å². The lowest BCUT2D eigenvalue weighted by Gasteiger charge is -2.24. The number of para-hydroxylation sites is 1. The fourth-order valence-corrected chi connectivity index (χ4v) is 2.91. The van der Waals surface area contributed by atoms with Crippen LogP contribution >= 0.6 is 23.6 Å². The van der Waals surface area contributed by atoms with Crippen molar-refractivity contribution in [1.82, 2.24) is 3.52 Å². The Hall–Kier alpha value is -1.55. The lowest BCUT2D eigenvalue weighted by molar-refractivity contribution is 0.913. The summed E-state index contributed by atoms with van der Waals surface area (Å²) in [5, 5.41) is 0. The molecule has 0 amide bonds. The summed E-state index contributed by atoms with van der Waals surface area (Å²) in [7, 11) is 0. The number of quaternary nitrogens is 1. The number of aryl methyl sites for hydroxylation is 1. The Morgan fingerprint density at radius 3 is 2.52 bits per heavy atom. The summed E-state index contributed by atoms with van der Waals surface area (Å²) < 4.78 is -0.331. The fraction of sp³-hybridized carbons (Fsp3) is 0.188. The van der Waals surface area contributed by atoms with Crippen LogP contribution in [0.3, 0.4) is 0 Å². The van der Waals surface area contributed by atoms with Gasteiger partial charge in [-0.05, 0) is 18.6 Å². The van der Waals surface area contributed by atoms with E-state index in [1.165, 1.54) is 0 Å². The molecule has 0 spiro atoms. The molecule has 0 fully saturated rings. The van der Waals surface area contributed by atoms with E-state index in [2.05, 4.69) is 16.0 Å². The van der Waals surface area contributed by atoms with Crippen molar-refractivity contribution in [1.29, 1.82) is 0 Å². The van der Waals surface area contributed by atoms with E-state index in [0.717, 1.165) is 35.7 Å². The Balaban J connectivity index is 2.12. The van der Waals surface area contributed by atoms with E-state index in [1.807, 2.05) is 55.7 Å². The first kappa shape index (κ1) is 14.4. The maximum Gasteiger partial charge on any atom is 0.199 e. The number of rotatable bonds is 3. The minimum atomic E-state index is -0.331. The van der Waals surface area contributed by atoms with Crippen LogP contribution in [0.1, 0.15) is 5.56 Å². The van der Waals surface area contributed by atoms with Gasteiger partial charge in [-0.15, -0.1) is 0 Å². The normalized spacial score (nSPS) is 14.7. The van der Waals surface area contributed by atoms with Gasteiger partial charge < -0.3 is 4.90 Å². The maximum atomic E-state index is 6.67. The lowest BCUT2D eigenvalue weighted by Crippen LogP contribution is -2.26. The Morgan fingerprint density at radius 2 is 1.86 bits per heavy atom. The molecule has 21 heavy (non-hydrogen) atoms. The molecule has 0 unspecified atom stereocenters. The van der Waals surface area contributed by atoms with Crippen LogP contribution in [0.2, 0.25) is 0 Å². The van der Waals surface area contributed by atoms with Crippen molar-refractivity contribution in [2.45, 2.75) is 6.92 Å². The number of anilines is 1. The van der Waals surface area contributed by atoms with Crippen LogP contribution in [0.5, 0.6) is 0 Å². The van der Waals surface area contributed by atoms with Crippen molar-refractivity contribution in [2.75, 3.05) is 18.0 Å². The van der Waals surface area contributed by atoms with E-state index >= 15 is 0 Å². The number of aliphatic imine (C=N–C) groups is 1. The second-order valence-corrected chi connectivity index (χ2v) is 6.24. The number of halogens is 2. The van der Waals surface area contributed by atoms with Gasteiger partial charge in [0.2, 0.25) is 0 Å². The van der Waals surface area contributed by atoms with Crippen molar-refractivity contribution in [2.24, 2.45) is 4.99 Å².